The van der Waals surface area contributed by atoms with Gasteiger partial charge in [-0.2, -0.15) is 9.36 Å². The highest BCUT2D eigenvalue weighted by Crippen LogP contribution is 2.43. The Morgan fingerprint density at radius 1 is 1.50 bits per heavy atom. The van der Waals surface area contributed by atoms with Crippen molar-refractivity contribution in [3.05, 3.63) is 35.9 Å². The minimum absolute atomic E-state index is 0.00214. The molecule has 0 bridgehead atoms. The smallest absolute Gasteiger partial charge is 0.313 e. The molecule has 15 heteroatoms. The molecule has 0 saturated carbocycles. The zero-order valence-corrected chi connectivity index (χ0v) is 21.4. The van der Waals surface area contributed by atoms with Crippen molar-refractivity contribution in [2.45, 2.75) is 18.3 Å². The number of carboxylic acids is 1. The quantitative estimate of drug-likeness (QED) is 0.181. The number of nitrogens with one attached hydrogen (secondary N) is 1. The van der Waals surface area contributed by atoms with Crippen LogP contribution in [0.5, 0.6) is 0 Å². The van der Waals surface area contributed by atoms with Gasteiger partial charge in [0, 0.05) is 47.5 Å². The lowest BCUT2D eigenvalue weighted by Gasteiger charge is -2.53. The van der Waals surface area contributed by atoms with Gasteiger partial charge in [0.2, 0.25) is 17.4 Å². The highest BCUT2D eigenvalue weighted by atomic mass is 32.2. The maximum Gasteiger partial charge on any atom is 0.313 e. The molecule has 0 aromatic carbocycles. The van der Waals surface area contributed by atoms with Crippen LogP contribution in [0, 0.1) is 16.6 Å². The Kier molecular flexibility index (Phi) is 7.97. The number of carboxylic acid groups (broad SMARTS) is 1. The first-order valence-electron chi connectivity index (χ1n) is 10.6. The van der Waals surface area contributed by atoms with Gasteiger partial charge in [0.25, 0.3) is 5.91 Å². The van der Waals surface area contributed by atoms with Gasteiger partial charge in [-0.15, -0.1) is 11.8 Å². The third-order valence-corrected chi connectivity index (χ3v) is 8.39. The van der Waals surface area contributed by atoms with Crippen molar-refractivity contribution < 1.29 is 24.3 Å². The van der Waals surface area contributed by atoms with Crippen LogP contribution in [0.1, 0.15) is 18.3 Å². The number of rotatable bonds is 8. The zero-order valence-electron chi connectivity index (χ0n) is 18.9. The largest absolute Gasteiger partial charge is 0.481 e. The summed E-state index contributed by atoms with van der Waals surface area (Å²) in [7, 11) is 0. The standard InChI is InChI=1S/C21H21N7O5S3/c1-2-33-26-13(15-25-20(22)36-27-15)16(29)24-14-17(30)28-9-21(19(31)32,11-35-18(14)28)10-34-7-5-12-4-3-6-23-8-12/h3-4,6,8,14,18H,2,9-11H2,1H3,(H,24,29)(H,31,32)(H2,22,25,27)/t14?,18-,21?/m1/s1. The molecular weight excluding hydrogens is 526 g/mol. The van der Waals surface area contributed by atoms with Crippen LogP contribution in [0.4, 0.5) is 5.13 Å². The van der Waals surface area contributed by atoms with Gasteiger partial charge in [0.1, 0.15) is 23.4 Å². The number of nitrogens with two attached hydrogens (primary N) is 1. The summed E-state index contributed by atoms with van der Waals surface area (Å²) in [6.45, 7) is 1.94. The molecule has 4 heterocycles. The van der Waals surface area contributed by atoms with Gasteiger partial charge in [0.05, 0.1) is 0 Å². The Bertz CT molecular complexity index is 1250. The fraction of sp³-hybridized carbons (Fsp3) is 0.381. The van der Waals surface area contributed by atoms with Crippen molar-refractivity contribution in [3.63, 3.8) is 0 Å². The van der Waals surface area contributed by atoms with Crippen LogP contribution in [-0.4, -0.2) is 83.9 Å². The number of carbonyl (C=O) groups is 3. The number of thioether (sulfide) groups is 2. The molecule has 2 aliphatic rings. The van der Waals surface area contributed by atoms with Crippen LogP contribution in [0.25, 0.3) is 0 Å². The number of fused-ring (bicyclic) bond motifs is 1. The van der Waals surface area contributed by atoms with Crippen molar-refractivity contribution in [2.24, 2.45) is 10.6 Å². The normalized spacial score (nSPS) is 23.1. The van der Waals surface area contributed by atoms with E-state index < -0.39 is 28.7 Å². The van der Waals surface area contributed by atoms with Crippen LogP contribution in [0.2, 0.25) is 0 Å². The number of hydrogen-bond donors (Lipinski definition) is 3. The number of carbonyl (C=O) groups excluding carboxylic acids is 2. The molecule has 188 valence electrons. The lowest BCUT2D eigenvalue weighted by atomic mass is 9.89. The number of hydrogen-bond acceptors (Lipinski definition) is 12. The average Bonchev–Trinajstić information content (AvgIpc) is 3.31. The molecule has 3 atom stereocenters. The minimum atomic E-state index is -1.16. The number of amides is 2. The van der Waals surface area contributed by atoms with Crippen molar-refractivity contribution in [1.29, 1.82) is 0 Å². The highest BCUT2D eigenvalue weighted by Gasteiger charge is 2.57. The molecular formula is C21H21N7O5S3. The van der Waals surface area contributed by atoms with Crippen molar-refractivity contribution in [2.75, 3.05) is 30.4 Å². The highest BCUT2D eigenvalue weighted by molar-refractivity contribution is 8.04. The fourth-order valence-electron chi connectivity index (χ4n) is 3.47. The Hall–Kier alpha value is -3.35. The Balaban J connectivity index is 1.40. The molecule has 0 aliphatic carbocycles. The summed E-state index contributed by atoms with van der Waals surface area (Å²) in [6, 6.07) is 2.74. The Morgan fingerprint density at radius 2 is 2.33 bits per heavy atom. The Morgan fingerprint density at radius 3 is 3.00 bits per heavy atom. The predicted octanol–water partition coefficient (Wildman–Crippen LogP) is 0.469. The summed E-state index contributed by atoms with van der Waals surface area (Å²) < 4.78 is 3.99. The predicted molar refractivity (Wildman–Crippen MR) is 136 cm³/mol. The maximum atomic E-state index is 12.9. The third-order valence-electron chi connectivity index (χ3n) is 5.32. The number of anilines is 1. The Labute approximate surface area is 218 Å². The second-order valence-electron chi connectivity index (χ2n) is 7.78. The molecule has 0 radical (unpaired) electrons. The molecule has 2 fully saturated rings. The van der Waals surface area contributed by atoms with Gasteiger partial charge >= 0.3 is 5.97 Å². The monoisotopic (exact) mass is 547 g/mol. The molecule has 2 unspecified atom stereocenters. The number of pyridine rings is 1. The number of nitrogens with zero attached hydrogens (tertiary/aromatic N) is 5. The van der Waals surface area contributed by atoms with Crippen molar-refractivity contribution in [1.82, 2.24) is 24.6 Å². The van der Waals surface area contributed by atoms with Crippen LogP contribution in [-0.2, 0) is 19.2 Å². The van der Waals surface area contributed by atoms with E-state index in [1.54, 1.807) is 25.4 Å². The average molecular weight is 548 g/mol. The van der Waals surface area contributed by atoms with Crippen LogP contribution >= 0.6 is 35.1 Å². The maximum absolute atomic E-state index is 12.9. The van der Waals surface area contributed by atoms with E-state index >= 15 is 0 Å². The van der Waals surface area contributed by atoms with Gasteiger partial charge in [-0.05, 0) is 24.3 Å². The summed E-state index contributed by atoms with van der Waals surface area (Å²) in [5.41, 5.74) is 4.98. The van der Waals surface area contributed by atoms with Crippen molar-refractivity contribution >= 4 is 63.7 Å². The van der Waals surface area contributed by atoms with E-state index in [-0.39, 0.29) is 47.2 Å². The molecule has 4 rings (SSSR count). The number of aliphatic carboxylic acids is 1. The number of oxime groups is 1. The second kappa shape index (κ2) is 11.1. The lowest BCUT2D eigenvalue weighted by molar-refractivity contribution is -0.157. The van der Waals surface area contributed by atoms with E-state index in [1.165, 1.54) is 28.4 Å². The number of β-lactam (4-membered cyclic amide) rings is 1. The van der Waals surface area contributed by atoms with Gasteiger partial charge in [-0.3, -0.25) is 19.4 Å². The summed E-state index contributed by atoms with van der Waals surface area (Å²) in [6.07, 6.45) is 3.27. The summed E-state index contributed by atoms with van der Waals surface area (Å²) in [5.74, 6) is 1.34. The molecule has 2 aromatic rings. The van der Waals surface area contributed by atoms with E-state index in [9.17, 15) is 19.5 Å². The van der Waals surface area contributed by atoms with E-state index in [4.69, 9.17) is 10.6 Å². The minimum Gasteiger partial charge on any atom is -0.481 e. The molecule has 2 amide bonds. The number of nitrogen functional groups attached to an aromatic ring is 1. The van der Waals surface area contributed by atoms with E-state index in [0.29, 0.717) is 0 Å². The molecule has 12 nitrogen and oxygen atoms in total. The van der Waals surface area contributed by atoms with Crippen LogP contribution < -0.4 is 11.1 Å². The topological polar surface area (TPSA) is 173 Å². The molecule has 2 aromatic heterocycles. The summed E-state index contributed by atoms with van der Waals surface area (Å²) >= 11 is 3.39. The molecule has 0 spiro atoms. The second-order valence-corrected chi connectivity index (χ2v) is 10.4. The summed E-state index contributed by atoms with van der Waals surface area (Å²) in [5, 5.41) is 19.1. The fourth-order valence-corrected chi connectivity index (χ4v) is 6.43. The van der Waals surface area contributed by atoms with Crippen molar-refractivity contribution in [3.8, 4) is 11.2 Å². The third kappa shape index (κ3) is 5.40. The van der Waals surface area contributed by atoms with Gasteiger partial charge in [-0.25, -0.2) is 0 Å². The first-order valence-corrected chi connectivity index (χ1v) is 13.4. The first-order chi connectivity index (χ1) is 17.3. The van der Waals surface area contributed by atoms with E-state index in [1.807, 2.05) is 6.07 Å². The van der Waals surface area contributed by atoms with Crippen LogP contribution in [0.15, 0.2) is 29.7 Å². The van der Waals surface area contributed by atoms with Crippen LogP contribution in [0.3, 0.4) is 0 Å². The SMILES string of the molecule is CCON=C(C(=O)NC1C(=O)N2CC(CSC#Cc3cccnc3)(C(=O)O)CS[C@H]12)c1nsc(N)n1. The van der Waals surface area contributed by atoms with Gasteiger partial charge in [0.15, 0.2) is 5.13 Å². The molecule has 2 saturated heterocycles. The summed E-state index contributed by atoms with van der Waals surface area (Å²) in [4.78, 5) is 52.4. The van der Waals surface area contributed by atoms with Gasteiger partial charge in [-0.1, -0.05) is 22.8 Å². The lowest BCUT2D eigenvalue weighted by Crippen LogP contribution is -2.74. The zero-order chi connectivity index (χ0) is 25.7. The van der Waals surface area contributed by atoms with Gasteiger partial charge < -0.3 is 25.9 Å². The molecule has 2 aliphatic heterocycles. The first kappa shape index (κ1) is 25.7. The van der Waals surface area contributed by atoms with E-state index in [0.717, 1.165) is 17.1 Å². The molecule has 4 N–H and O–H groups in total. The molecule has 36 heavy (non-hydrogen) atoms. The van der Waals surface area contributed by atoms with E-state index in [2.05, 4.69) is 36.0 Å². The number of aromatic nitrogens is 3.